The molecule has 3 heterocycles. The summed E-state index contributed by atoms with van der Waals surface area (Å²) in [6.07, 6.45) is -0.159. The third-order valence-electron chi connectivity index (χ3n) is 5.03. The van der Waals surface area contributed by atoms with Crippen molar-refractivity contribution in [3.05, 3.63) is 35.9 Å². The molecule has 1 aromatic carbocycles. The highest BCUT2D eigenvalue weighted by Gasteiger charge is 2.58. The Labute approximate surface area is 153 Å². The monoisotopic (exact) mass is 365 g/mol. The van der Waals surface area contributed by atoms with Gasteiger partial charge in [-0.25, -0.2) is 0 Å². The minimum absolute atomic E-state index is 0.0228. The highest BCUT2D eigenvalue weighted by atomic mass is 32.2. The van der Waals surface area contributed by atoms with E-state index in [4.69, 9.17) is 18.9 Å². The molecule has 25 heavy (non-hydrogen) atoms. The molecule has 3 fully saturated rings. The van der Waals surface area contributed by atoms with E-state index in [1.165, 1.54) is 5.56 Å². The van der Waals surface area contributed by atoms with E-state index in [0.717, 1.165) is 12.3 Å². The molecule has 3 aliphatic rings. The van der Waals surface area contributed by atoms with E-state index in [-0.39, 0.29) is 24.4 Å². The minimum atomic E-state index is -0.559. The molecule has 0 bridgehead atoms. The smallest absolute Gasteiger partial charge is 0.164 e. The quantitative estimate of drug-likeness (QED) is 0.798. The minimum Gasteiger partial charge on any atom is -0.374 e. The average molecular weight is 365 g/mol. The molecular formula is C19H27NO4S. The van der Waals surface area contributed by atoms with E-state index in [1.807, 2.05) is 43.8 Å². The van der Waals surface area contributed by atoms with Crippen LogP contribution in [-0.4, -0.2) is 66.4 Å². The number of rotatable bonds is 5. The van der Waals surface area contributed by atoms with E-state index in [2.05, 4.69) is 24.1 Å². The maximum absolute atomic E-state index is 6.38. The van der Waals surface area contributed by atoms with Gasteiger partial charge in [-0.05, 0) is 26.5 Å². The third-order valence-corrected chi connectivity index (χ3v) is 6.42. The molecule has 1 unspecified atom stereocenters. The van der Waals surface area contributed by atoms with Gasteiger partial charge in [0.05, 0.1) is 18.6 Å². The third kappa shape index (κ3) is 3.75. The summed E-state index contributed by atoms with van der Waals surface area (Å²) in [5, 5.41) is 0.323. The van der Waals surface area contributed by atoms with Crippen LogP contribution in [-0.2, 0) is 25.6 Å². The molecule has 3 saturated heterocycles. The van der Waals surface area contributed by atoms with E-state index < -0.39 is 5.79 Å². The first-order valence-electron chi connectivity index (χ1n) is 8.98. The zero-order valence-corrected chi connectivity index (χ0v) is 15.9. The van der Waals surface area contributed by atoms with Gasteiger partial charge in [-0.3, -0.25) is 4.90 Å². The van der Waals surface area contributed by atoms with Crippen LogP contribution in [0.2, 0.25) is 0 Å². The van der Waals surface area contributed by atoms with Crippen molar-refractivity contribution in [2.75, 3.05) is 26.0 Å². The molecule has 0 spiro atoms. The molecule has 0 saturated carbocycles. The fourth-order valence-corrected chi connectivity index (χ4v) is 5.27. The van der Waals surface area contributed by atoms with Gasteiger partial charge in [0.15, 0.2) is 5.79 Å². The number of benzene rings is 1. The molecule has 5 nitrogen and oxygen atoms in total. The van der Waals surface area contributed by atoms with Crippen molar-refractivity contribution in [3.63, 3.8) is 0 Å². The first-order valence-corrected chi connectivity index (χ1v) is 10.0. The Morgan fingerprint density at radius 1 is 1.16 bits per heavy atom. The van der Waals surface area contributed by atoms with Crippen molar-refractivity contribution < 1.29 is 18.9 Å². The molecule has 6 heteroatoms. The number of hydrogen-bond acceptors (Lipinski definition) is 6. The van der Waals surface area contributed by atoms with Crippen molar-refractivity contribution in [1.29, 1.82) is 0 Å². The fourth-order valence-electron chi connectivity index (χ4n) is 3.86. The van der Waals surface area contributed by atoms with Gasteiger partial charge in [0.1, 0.15) is 24.4 Å². The van der Waals surface area contributed by atoms with E-state index in [9.17, 15) is 0 Å². The van der Waals surface area contributed by atoms with Crippen LogP contribution in [0.15, 0.2) is 30.3 Å². The van der Waals surface area contributed by atoms with Crippen molar-refractivity contribution in [2.45, 2.75) is 56.0 Å². The molecule has 0 amide bonds. The highest BCUT2D eigenvalue weighted by molar-refractivity contribution is 8.00. The summed E-state index contributed by atoms with van der Waals surface area (Å²) in [4.78, 5) is 2.36. The summed E-state index contributed by atoms with van der Waals surface area (Å²) in [6, 6.07) is 10.2. The van der Waals surface area contributed by atoms with Gasteiger partial charge in [0.25, 0.3) is 0 Å². The van der Waals surface area contributed by atoms with Gasteiger partial charge < -0.3 is 18.9 Å². The fraction of sp³-hybridized carbons (Fsp3) is 0.684. The summed E-state index contributed by atoms with van der Waals surface area (Å²) in [7, 11) is 2.16. The van der Waals surface area contributed by atoms with Crippen LogP contribution in [0.3, 0.4) is 0 Å². The first-order chi connectivity index (χ1) is 12.0. The number of nitrogens with zero attached hydrogens (tertiary/aromatic N) is 1. The second-order valence-electron chi connectivity index (χ2n) is 7.45. The van der Waals surface area contributed by atoms with Crippen LogP contribution in [0, 0.1) is 0 Å². The second-order valence-corrected chi connectivity index (χ2v) is 8.67. The van der Waals surface area contributed by atoms with Crippen molar-refractivity contribution >= 4 is 11.8 Å². The van der Waals surface area contributed by atoms with Crippen LogP contribution in [0.25, 0.3) is 0 Å². The van der Waals surface area contributed by atoms with Gasteiger partial charge in [-0.1, -0.05) is 30.3 Å². The Hall–Kier alpha value is -0.630. The molecule has 0 aromatic heterocycles. The van der Waals surface area contributed by atoms with E-state index >= 15 is 0 Å². The predicted octanol–water partition coefficient (Wildman–Crippen LogP) is 2.50. The van der Waals surface area contributed by atoms with Crippen LogP contribution >= 0.6 is 11.8 Å². The zero-order chi connectivity index (χ0) is 17.4. The van der Waals surface area contributed by atoms with Gasteiger partial charge >= 0.3 is 0 Å². The molecule has 5 atom stereocenters. The van der Waals surface area contributed by atoms with Crippen LogP contribution in [0.4, 0.5) is 0 Å². The van der Waals surface area contributed by atoms with Crippen molar-refractivity contribution in [3.8, 4) is 0 Å². The van der Waals surface area contributed by atoms with Crippen LogP contribution in [0.5, 0.6) is 0 Å². The Bertz CT molecular complexity index is 584. The van der Waals surface area contributed by atoms with Gasteiger partial charge in [0.2, 0.25) is 0 Å². The van der Waals surface area contributed by atoms with Crippen LogP contribution < -0.4 is 0 Å². The number of fused-ring (bicyclic) bond motifs is 1. The van der Waals surface area contributed by atoms with Crippen molar-refractivity contribution in [1.82, 2.24) is 4.90 Å². The number of likely N-dealkylation sites (N-methyl/N-ethyl adjacent to an activating group) is 1. The molecule has 0 aliphatic carbocycles. The predicted molar refractivity (Wildman–Crippen MR) is 97.5 cm³/mol. The summed E-state index contributed by atoms with van der Waals surface area (Å²) < 4.78 is 24.7. The van der Waals surface area contributed by atoms with E-state index in [0.29, 0.717) is 18.6 Å². The summed E-state index contributed by atoms with van der Waals surface area (Å²) >= 11 is 1.94. The lowest BCUT2D eigenvalue weighted by molar-refractivity contribution is -0.194. The van der Waals surface area contributed by atoms with Crippen molar-refractivity contribution in [2.24, 2.45) is 0 Å². The van der Waals surface area contributed by atoms with Crippen LogP contribution in [0.1, 0.15) is 19.4 Å². The standard InChI is InChI=1S/C19H27NO4S/c1-19(2)23-15-14(12-21-11-13-7-5-4-6-8-13)22-17(16(15)24-19)18-20(3)9-10-25-18/h4-8,14-18H,9-12H2,1-3H3/t14-,15-,16-,17+,18?/m1/s1. The Morgan fingerprint density at radius 3 is 2.64 bits per heavy atom. The van der Waals surface area contributed by atoms with Gasteiger partial charge in [-0.15, -0.1) is 11.8 Å². The lowest BCUT2D eigenvalue weighted by Crippen LogP contribution is -2.42. The first kappa shape index (κ1) is 17.8. The lowest BCUT2D eigenvalue weighted by atomic mass is 10.1. The molecule has 1 aromatic rings. The largest absolute Gasteiger partial charge is 0.374 e. The maximum atomic E-state index is 6.38. The van der Waals surface area contributed by atoms with Gasteiger partial charge in [0, 0.05) is 12.3 Å². The second kappa shape index (κ2) is 7.18. The zero-order valence-electron chi connectivity index (χ0n) is 15.1. The molecule has 138 valence electrons. The lowest BCUT2D eigenvalue weighted by Gasteiger charge is -2.29. The maximum Gasteiger partial charge on any atom is 0.164 e. The highest BCUT2D eigenvalue weighted by Crippen LogP contribution is 2.43. The Morgan fingerprint density at radius 2 is 1.92 bits per heavy atom. The topological polar surface area (TPSA) is 40.2 Å². The summed E-state index contributed by atoms with van der Waals surface area (Å²) in [5.74, 6) is 0.578. The molecule has 0 radical (unpaired) electrons. The normalized spacial score (nSPS) is 37.5. The number of ether oxygens (including phenoxy) is 4. The molecule has 0 N–H and O–H groups in total. The SMILES string of the molecule is CN1CCSC1[C@H]1O[C@H](COCc2ccccc2)[C@H]2OC(C)(C)O[C@H]21. The Balaban J connectivity index is 1.41. The number of thioether (sulfide) groups is 1. The molecular weight excluding hydrogens is 338 g/mol. The Kier molecular flexibility index (Phi) is 5.10. The van der Waals surface area contributed by atoms with E-state index in [1.54, 1.807) is 0 Å². The average Bonchev–Trinajstić information content (AvgIpc) is 3.22. The van der Waals surface area contributed by atoms with Gasteiger partial charge in [-0.2, -0.15) is 0 Å². The summed E-state index contributed by atoms with van der Waals surface area (Å²) in [6.45, 7) is 6.16. The molecule has 4 rings (SSSR count). The molecule has 3 aliphatic heterocycles. The number of hydrogen-bond donors (Lipinski definition) is 0. The summed E-state index contributed by atoms with van der Waals surface area (Å²) in [5.41, 5.74) is 1.17.